The van der Waals surface area contributed by atoms with Gasteiger partial charge in [0.2, 0.25) is 0 Å². The van der Waals surface area contributed by atoms with Gasteiger partial charge in [0, 0.05) is 12.6 Å². The van der Waals surface area contributed by atoms with Gasteiger partial charge in [-0.1, -0.05) is 19.4 Å². The minimum absolute atomic E-state index is 0.0543. The topological polar surface area (TPSA) is 75.8 Å². The second kappa shape index (κ2) is 6.03. The lowest BCUT2D eigenvalue weighted by atomic mass is 9.99. The predicted molar refractivity (Wildman–Crippen MR) is 82.4 cm³/mol. The Morgan fingerprint density at radius 3 is 2.76 bits per heavy atom. The van der Waals surface area contributed by atoms with Gasteiger partial charge in [-0.15, -0.1) is 0 Å². The fourth-order valence-corrected chi connectivity index (χ4v) is 2.61. The predicted octanol–water partition coefficient (Wildman–Crippen LogP) is 1.98. The van der Waals surface area contributed by atoms with E-state index < -0.39 is 5.60 Å². The molecule has 5 nitrogen and oxygen atoms in total. The molecular weight excluding hydrogens is 268 g/mol. The maximum absolute atomic E-state index is 12.5. The molecule has 0 aromatic heterocycles. The molecule has 0 radical (unpaired) electrons. The third-order valence-corrected chi connectivity index (χ3v) is 3.75. The number of aliphatic hydroxyl groups is 1. The molecule has 21 heavy (non-hydrogen) atoms. The van der Waals surface area contributed by atoms with Crippen LogP contribution >= 0.6 is 0 Å². The number of carbonyl (C=O) groups excluding carboxylic acids is 1. The third kappa shape index (κ3) is 3.04. The molecule has 0 fully saturated rings. The first kappa shape index (κ1) is 15.8. The number of β-amino-alcohol motifs (C(OH)–C–C–N with tert-alkyl or cyclic N) is 1. The molecule has 1 unspecified atom stereocenters. The second-order valence-corrected chi connectivity index (χ2v) is 5.92. The molecule has 2 rings (SSSR count). The molecule has 1 atom stereocenters. The van der Waals surface area contributed by atoms with Gasteiger partial charge in [-0.2, -0.15) is 0 Å². The highest BCUT2D eigenvalue weighted by Crippen LogP contribution is 2.39. The first-order chi connectivity index (χ1) is 9.90. The summed E-state index contributed by atoms with van der Waals surface area (Å²) in [7, 11) is 0. The van der Waals surface area contributed by atoms with Crippen LogP contribution < -0.4 is 15.4 Å². The molecule has 1 heterocycles. The highest BCUT2D eigenvalue weighted by atomic mass is 16.5. The van der Waals surface area contributed by atoms with Gasteiger partial charge < -0.3 is 20.5 Å². The van der Waals surface area contributed by atoms with Crippen LogP contribution in [0, 0.1) is 0 Å². The molecule has 0 saturated heterocycles. The summed E-state index contributed by atoms with van der Waals surface area (Å²) in [6.45, 7) is 5.72. The Morgan fingerprint density at radius 2 is 2.14 bits per heavy atom. The fourth-order valence-electron chi connectivity index (χ4n) is 2.61. The van der Waals surface area contributed by atoms with E-state index >= 15 is 0 Å². The van der Waals surface area contributed by atoms with Crippen molar-refractivity contribution in [2.24, 2.45) is 5.73 Å². The number of carbonyl (C=O) groups is 1. The van der Waals surface area contributed by atoms with Crippen molar-refractivity contribution >= 4 is 11.6 Å². The first-order valence-electron chi connectivity index (χ1n) is 7.42. The molecule has 1 aromatic carbocycles. The number of hydrogen-bond donors (Lipinski definition) is 2. The number of amides is 1. The van der Waals surface area contributed by atoms with Gasteiger partial charge in [-0.05, 0) is 38.0 Å². The largest absolute Gasteiger partial charge is 0.476 e. The minimum atomic E-state index is -0.921. The first-order valence-corrected chi connectivity index (χ1v) is 7.42. The zero-order valence-electron chi connectivity index (χ0n) is 12.9. The maximum Gasteiger partial charge on any atom is 0.270 e. The van der Waals surface area contributed by atoms with Crippen LogP contribution in [-0.2, 0) is 4.79 Å². The number of nitrogens with two attached hydrogens (primary N) is 1. The van der Waals surface area contributed by atoms with Crippen molar-refractivity contribution in [3.63, 3.8) is 0 Å². The molecule has 1 aromatic rings. The monoisotopic (exact) mass is 292 g/mol. The van der Waals surface area contributed by atoms with Crippen molar-refractivity contribution in [2.75, 3.05) is 18.1 Å². The third-order valence-electron chi connectivity index (χ3n) is 3.75. The number of nitrogens with zero attached hydrogens (tertiary/aromatic N) is 1. The summed E-state index contributed by atoms with van der Waals surface area (Å²) >= 11 is 0. The average Bonchev–Trinajstić information content (AvgIpc) is 2.43. The van der Waals surface area contributed by atoms with Crippen LogP contribution in [0.25, 0.3) is 0 Å². The molecule has 0 saturated carbocycles. The maximum atomic E-state index is 12.5. The van der Waals surface area contributed by atoms with Gasteiger partial charge in [0.1, 0.15) is 5.75 Å². The van der Waals surface area contributed by atoms with Crippen molar-refractivity contribution in [3.05, 3.63) is 23.8 Å². The molecule has 1 amide bonds. The van der Waals surface area contributed by atoms with Gasteiger partial charge in [-0.25, -0.2) is 0 Å². The van der Waals surface area contributed by atoms with Crippen LogP contribution in [0.5, 0.6) is 5.75 Å². The molecule has 1 aliphatic rings. The van der Waals surface area contributed by atoms with E-state index in [1.165, 1.54) is 0 Å². The van der Waals surface area contributed by atoms with Crippen molar-refractivity contribution in [3.8, 4) is 5.75 Å². The van der Waals surface area contributed by atoms with E-state index in [1.54, 1.807) is 18.7 Å². The Morgan fingerprint density at radius 1 is 1.43 bits per heavy atom. The summed E-state index contributed by atoms with van der Waals surface area (Å²) in [5.41, 5.74) is 6.90. The van der Waals surface area contributed by atoms with E-state index in [4.69, 9.17) is 10.5 Å². The summed E-state index contributed by atoms with van der Waals surface area (Å²) < 4.78 is 5.79. The SMILES string of the molecule is CCCC(N)c1ccc2c(c1)N(CCO)C(=O)C(C)(C)O2. The van der Waals surface area contributed by atoms with Crippen molar-refractivity contribution in [1.29, 1.82) is 0 Å². The van der Waals surface area contributed by atoms with Gasteiger partial charge in [0.15, 0.2) is 5.60 Å². The summed E-state index contributed by atoms with van der Waals surface area (Å²) in [6.07, 6.45) is 1.89. The van der Waals surface area contributed by atoms with Crippen molar-refractivity contribution in [1.82, 2.24) is 0 Å². The van der Waals surface area contributed by atoms with Gasteiger partial charge in [0.25, 0.3) is 5.91 Å². The number of anilines is 1. The fraction of sp³-hybridized carbons (Fsp3) is 0.562. The van der Waals surface area contributed by atoms with Gasteiger partial charge >= 0.3 is 0 Å². The zero-order chi connectivity index (χ0) is 15.6. The molecule has 0 bridgehead atoms. The van der Waals surface area contributed by atoms with E-state index in [9.17, 15) is 9.90 Å². The second-order valence-electron chi connectivity index (χ2n) is 5.92. The van der Waals surface area contributed by atoms with Crippen LogP contribution in [0.3, 0.4) is 0 Å². The lowest BCUT2D eigenvalue weighted by molar-refractivity contribution is -0.132. The van der Waals surface area contributed by atoms with Crippen LogP contribution in [0.2, 0.25) is 0 Å². The number of fused-ring (bicyclic) bond motifs is 1. The van der Waals surface area contributed by atoms with E-state index in [-0.39, 0.29) is 25.1 Å². The number of aliphatic hydroxyl groups excluding tert-OH is 1. The Bertz CT molecular complexity index is 528. The lowest BCUT2D eigenvalue weighted by Crippen LogP contribution is -2.53. The standard InChI is InChI=1S/C16H24N2O3/c1-4-5-12(17)11-6-7-14-13(10-11)18(8-9-19)15(20)16(2,3)21-14/h6-7,10,12,19H,4-5,8-9,17H2,1-3H3. The normalized spacial score (nSPS) is 18.1. The summed E-state index contributed by atoms with van der Waals surface area (Å²) in [6, 6.07) is 5.65. The summed E-state index contributed by atoms with van der Waals surface area (Å²) in [5.74, 6) is 0.505. The van der Waals surface area contributed by atoms with E-state index in [1.807, 2.05) is 18.2 Å². The smallest absolute Gasteiger partial charge is 0.270 e. The quantitative estimate of drug-likeness (QED) is 0.870. The minimum Gasteiger partial charge on any atom is -0.476 e. The molecular formula is C16H24N2O3. The summed E-state index contributed by atoms with van der Waals surface area (Å²) in [4.78, 5) is 14.0. The highest BCUT2D eigenvalue weighted by Gasteiger charge is 2.40. The molecule has 5 heteroatoms. The van der Waals surface area contributed by atoms with Crippen LogP contribution in [0.1, 0.15) is 45.2 Å². The van der Waals surface area contributed by atoms with Crippen molar-refractivity contribution < 1.29 is 14.6 Å². The van der Waals surface area contributed by atoms with Gasteiger partial charge in [0.05, 0.1) is 12.3 Å². The summed E-state index contributed by atoms with van der Waals surface area (Å²) in [5, 5.41) is 9.24. The molecule has 0 spiro atoms. The van der Waals surface area contributed by atoms with E-state index in [2.05, 4.69) is 6.92 Å². The number of ether oxygens (including phenoxy) is 1. The number of rotatable bonds is 5. The number of hydrogen-bond acceptors (Lipinski definition) is 4. The molecule has 0 aliphatic carbocycles. The molecule has 3 N–H and O–H groups in total. The number of benzene rings is 1. The molecule has 116 valence electrons. The Kier molecular flexibility index (Phi) is 4.54. The Balaban J connectivity index is 2.42. The molecule has 1 aliphatic heterocycles. The van der Waals surface area contributed by atoms with Crippen LogP contribution in [-0.4, -0.2) is 29.8 Å². The Labute approximate surface area is 125 Å². The van der Waals surface area contributed by atoms with Crippen LogP contribution in [0.15, 0.2) is 18.2 Å². The van der Waals surface area contributed by atoms with E-state index in [0.717, 1.165) is 18.4 Å². The zero-order valence-corrected chi connectivity index (χ0v) is 12.9. The van der Waals surface area contributed by atoms with E-state index in [0.29, 0.717) is 11.4 Å². The lowest BCUT2D eigenvalue weighted by Gasteiger charge is -2.39. The van der Waals surface area contributed by atoms with Crippen molar-refractivity contribution in [2.45, 2.75) is 45.3 Å². The van der Waals surface area contributed by atoms with Gasteiger partial charge in [-0.3, -0.25) is 4.79 Å². The average molecular weight is 292 g/mol. The van der Waals surface area contributed by atoms with Crippen LogP contribution in [0.4, 0.5) is 5.69 Å². The Hall–Kier alpha value is -1.59. The highest BCUT2D eigenvalue weighted by molar-refractivity contribution is 6.02.